The van der Waals surface area contributed by atoms with E-state index in [1.54, 1.807) is 0 Å². The second-order valence-corrected chi connectivity index (χ2v) is 4.51. The first kappa shape index (κ1) is 14.6. The van der Waals surface area contributed by atoms with Crippen LogP contribution in [0.3, 0.4) is 0 Å². The smallest absolute Gasteiger partial charge is 0.144 e. The first-order chi connectivity index (χ1) is 8.67. The number of nitrogen functional groups attached to an aromatic ring is 1. The van der Waals surface area contributed by atoms with E-state index in [0.717, 1.165) is 30.7 Å². The van der Waals surface area contributed by atoms with Gasteiger partial charge in [-0.1, -0.05) is 6.92 Å². The van der Waals surface area contributed by atoms with Gasteiger partial charge in [-0.25, -0.2) is 0 Å². The summed E-state index contributed by atoms with van der Waals surface area (Å²) >= 11 is 0. The van der Waals surface area contributed by atoms with Crippen molar-refractivity contribution in [3.63, 3.8) is 0 Å². The summed E-state index contributed by atoms with van der Waals surface area (Å²) in [5, 5.41) is 12.2. The van der Waals surface area contributed by atoms with Crippen molar-refractivity contribution in [2.24, 2.45) is 0 Å². The fraction of sp³-hybridized carbons (Fsp3) is 0.571. The number of anilines is 2. The lowest BCUT2D eigenvalue weighted by Gasteiger charge is -2.16. The van der Waals surface area contributed by atoms with Crippen LogP contribution in [0.4, 0.5) is 11.4 Å². The molecule has 0 saturated heterocycles. The van der Waals surface area contributed by atoms with Gasteiger partial charge in [0.1, 0.15) is 5.75 Å². The Morgan fingerprint density at radius 2 is 2.22 bits per heavy atom. The Hall–Kier alpha value is -1.42. The average molecular weight is 252 g/mol. The molecule has 1 rings (SSSR count). The summed E-state index contributed by atoms with van der Waals surface area (Å²) in [6.45, 7) is 5.07. The van der Waals surface area contributed by atoms with Crippen LogP contribution in [0.15, 0.2) is 18.2 Å². The second-order valence-electron chi connectivity index (χ2n) is 4.51. The molecule has 102 valence electrons. The highest BCUT2D eigenvalue weighted by Gasteiger charge is 2.05. The van der Waals surface area contributed by atoms with Gasteiger partial charge in [-0.3, -0.25) is 0 Å². The third-order valence-corrected chi connectivity index (χ3v) is 2.68. The SMILES string of the molecule is CCCOc1cc(NC(C)CCCO)ccc1N. The third-order valence-electron chi connectivity index (χ3n) is 2.68. The number of benzene rings is 1. The van der Waals surface area contributed by atoms with E-state index in [1.165, 1.54) is 0 Å². The van der Waals surface area contributed by atoms with Crippen LogP contribution in [0.1, 0.15) is 33.1 Å². The molecule has 1 atom stereocenters. The van der Waals surface area contributed by atoms with Gasteiger partial charge in [0, 0.05) is 24.4 Å². The van der Waals surface area contributed by atoms with Crippen LogP contribution in [-0.2, 0) is 0 Å². The molecule has 4 N–H and O–H groups in total. The van der Waals surface area contributed by atoms with E-state index in [1.807, 2.05) is 18.2 Å². The number of hydrogen-bond acceptors (Lipinski definition) is 4. The quantitative estimate of drug-likeness (QED) is 0.622. The number of ether oxygens (including phenoxy) is 1. The summed E-state index contributed by atoms with van der Waals surface area (Å²) in [5.41, 5.74) is 7.52. The van der Waals surface area contributed by atoms with Crippen LogP contribution in [0.2, 0.25) is 0 Å². The number of nitrogens with two attached hydrogens (primary N) is 1. The molecule has 0 spiro atoms. The number of aliphatic hydroxyl groups is 1. The summed E-state index contributed by atoms with van der Waals surface area (Å²) in [7, 11) is 0. The van der Waals surface area contributed by atoms with Gasteiger partial charge < -0.3 is 20.9 Å². The van der Waals surface area contributed by atoms with Crippen molar-refractivity contribution < 1.29 is 9.84 Å². The Morgan fingerprint density at radius 3 is 2.89 bits per heavy atom. The molecule has 4 heteroatoms. The highest BCUT2D eigenvalue weighted by Crippen LogP contribution is 2.26. The maximum absolute atomic E-state index is 8.79. The second kappa shape index (κ2) is 7.82. The molecule has 1 unspecified atom stereocenters. The highest BCUT2D eigenvalue weighted by molar-refractivity contribution is 5.61. The molecule has 0 bridgehead atoms. The third kappa shape index (κ3) is 4.84. The minimum Gasteiger partial charge on any atom is -0.491 e. The molecule has 1 aromatic rings. The molecule has 0 aliphatic carbocycles. The lowest BCUT2D eigenvalue weighted by Crippen LogP contribution is -2.15. The minimum absolute atomic E-state index is 0.235. The van der Waals surface area contributed by atoms with E-state index in [2.05, 4.69) is 19.2 Å². The maximum Gasteiger partial charge on any atom is 0.144 e. The first-order valence-electron chi connectivity index (χ1n) is 6.57. The van der Waals surface area contributed by atoms with Crippen molar-refractivity contribution in [2.75, 3.05) is 24.3 Å². The van der Waals surface area contributed by atoms with Gasteiger partial charge in [-0.15, -0.1) is 0 Å². The van der Waals surface area contributed by atoms with Gasteiger partial charge in [0.25, 0.3) is 0 Å². The summed E-state index contributed by atoms with van der Waals surface area (Å²) in [6.07, 6.45) is 2.71. The molecule has 0 aliphatic heterocycles. The molecular formula is C14H24N2O2. The summed E-state index contributed by atoms with van der Waals surface area (Å²) < 4.78 is 5.58. The van der Waals surface area contributed by atoms with Crippen LogP contribution >= 0.6 is 0 Å². The Morgan fingerprint density at radius 1 is 1.44 bits per heavy atom. The molecule has 0 saturated carbocycles. The van der Waals surface area contributed by atoms with Crippen LogP contribution in [-0.4, -0.2) is 24.4 Å². The van der Waals surface area contributed by atoms with E-state index in [0.29, 0.717) is 18.3 Å². The zero-order valence-electron chi connectivity index (χ0n) is 11.3. The van der Waals surface area contributed by atoms with Crippen molar-refractivity contribution in [2.45, 2.75) is 39.2 Å². The van der Waals surface area contributed by atoms with Gasteiger partial charge in [0.15, 0.2) is 0 Å². The molecule has 0 fully saturated rings. The number of aliphatic hydroxyl groups excluding tert-OH is 1. The predicted molar refractivity (Wildman–Crippen MR) is 76.0 cm³/mol. The molecule has 0 aromatic heterocycles. The standard InChI is InChI=1S/C14H24N2O2/c1-3-9-18-14-10-12(6-7-13(14)15)16-11(2)5-4-8-17/h6-7,10-11,16-17H,3-5,8-9,15H2,1-2H3. The van der Waals surface area contributed by atoms with E-state index < -0.39 is 0 Å². The molecule has 0 heterocycles. The minimum atomic E-state index is 0.235. The Balaban J connectivity index is 2.60. The van der Waals surface area contributed by atoms with Gasteiger partial charge >= 0.3 is 0 Å². The van der Waals surface area contributed by atoms with Crippen LogP contribution in [0.25, 0.3) is 0 Å². The number of hydrogen-bond donors (Lipinski definition) is 3. The Bertz CT molecular complexity index is 356. The summed E-state index contributed by atoms with van der Waals surface area (Å²) in [6, 6.07) is 6.05. The summed E-state index contributed by atoms with van der Waals surface area (Å²) in [5.74, 6) is 0.733. The fourth-order valence-electron chi connectivity index (χ4n) is 1.72. The van der Waals surface area contributed by atoms with E-state index in [9.17, 15) is 0 Å². The van der Waals surface area contributed by atoms with Gasteiger partial charge in [0.05, 0.1) is 12.3 Å². The Kier molecular flexibility index (Phi) is 6.36. The van der Waals surface area contributed by atoms with Crippen molar-refractivity contribution in [3.05, 3.63) is 18.2 Å². The largest absolute Gasteiger partial charge is 0.491 e. The number of nitrogens with one attached hydrogen (secondary N) is 1. The van der Waals surface area contributed by atoms with E-state index in [4.69, 9.17) is 15.6 Å². The highest BCUT2D eigenvalue weighted by atomic mass is 16.5. The van der Waals surface area contributed by atoms with E-state index in [-0.39, 0.29) is 6.61 Å². The lowest BCUT2D eigenvalue weighted by atomic mass is 10.1. The maximum atomic E-state index is 8.79. The van der Waals surface area contributed by atoms with E-state index >= 15 is 0 Å². The molecule has 4 nitrogen and oxygen atoms in total. The lowest BCUT2D eigenvalue weighted by molar-refractivity contribution is 0.282. The molecule has 0 amide bonds. The van der Waals surface area contributed by atoms with Gasteiger partial charge in [0.2, 0.25) is 0 Å². The molecular weight excluding hydrogens is 228 g/mol. The molecule has 1 aromatic carbocycles. The van der Waals surface area contributed by atoms with Gasteiger partial charge in [-0.2, -0.15) is 0 Å². The predicted octanol–water partition coefficient (Wildman–Crippen LogP) is 2.63. The van der Waals surface area contributed by atoms with Crippen molar-refractivity contribution in [3.8, 4) is 5.75 Å². The van der Waals surface area contributed by atoms with Crippen molar-refractivity contribution in [1.82, 2.24) is 0 Å². The molecule has 0 aliphatic rings. The zero-order chi connectivity index (χ0) is 13.4. The van der Waals surface area contributed by atoms with Crippen molar-refractivity contribution >= 4 is 11.4 Å². The van der Waals surface area contributed by atoms with Crippen LogP contribution in [0, 0.1) is 0 Å². The fourth-order valence-corrected chi connectivity index (χ4v) is 1.72. The monoisotopic (exact) mass is 252 g/mol. The van der Waals surface area contributed by atoms with Crippen LogP contribution < -0.4 is 15.8 Å². The average Bonchev–Trinajstić information content (AvgIpc) is 2.37. The topological polar surface area (TPSA) is 67.5 Å². The zero-order valence-corrected chi connectivity index (χ0v) is 11.3. The summed E-state index contributed by atoms with van der Waals surface area (Å²) in [4.78, 5) is 0. The van der Waals surface area contributed by atoms with Crippen molar-refractivity contribution in [1.29, 1.82) is 0 Å². The first-order valence-corrected chi connectivity index (χ1v) is 6.57. The van der Waals surface area contributed by atoms with Crippen LogP contribution in [0.5, 0.6) is 5.75 Å². The normalized spacial score (nSPS) is 12.2. The molecule has 0 radical (unpaired) electrons. The Labute approximate surface area is 109 Å². The number of rotatable bonds is 8. The van der Waals surface area contributed by atoms with Gasteiger partial charge in [-0.05, 0) is 38.3 Å². The molecule has 18 heavy (non-hydrogen) atoms.